The highest BCUT2D eigenvalue weighted by molar-refractivity contribution is 5.74. The summed E-state index contributed by atoms with van der Waals surface area (Å²) in [5, 5.41) is 9.70. The Balaban J connectivity index is 1.53. The van der Waals surface area contributed by atoms with Crippen molar-refractivity contribution < 1.29 is 14.1 Å². The van der Waals surface area contributed by atoms with Gasteiger partial charge in [0.2, 0.25) is 5.89 Å². The van der Waals surface area contributed by atoms with E-state index in [1.165, 1.54) is 19.3 Å². The van der Waals surface area contributed by atoms with Gasteiger partial charge in [0.15, 0.2) is 5.82 Å². The molecule has 1 aromatic heterocycles. The summed E-state index contributed by atoms with van der Waals surface area (Å²) in [6.45, 7) is 4.78. The van der Waals surface area contributed by atoms with Crippen LogP contribution in [0.5, 0.6) is 0 Å². The maximum absolute atomic E-state index is 12.2. The smallest absolute Gasteiger partial charge is 0.315 e. The first-order valence-corrected chi connectivity index (χ1v) is 8.59. The van der Waals surface area contributed by atoms with E-state index < -0.39 is 0 Å². The second-order valence-corrected chi connectivity index (χ2v) is 6.58. The molecule has 2 aliphatic rings. The molecule has 2 N–H and O–H groups in total. The highest BCUT2D eigenvalue weighted by Crippen LogP contribution is 2.53. The fraction of sp³-hybridized carbons (Fsp3) is 0.812. The Bertz CT molecular complexity index is 539. The lowest BCUT2D eigenvalue weighted by Gasteiger charge is -2.57. The van der Waals surface area contributed by atoms with E-state index in [0.717, 1.165) is 25.9 Å². The number of ether oxygens (including phenoxy) is 1. The highest BCUT2D eigenvalue weighted by Gasteiger charge is 2.56. The molecular formula is C16H26N4O3. The van der Waals surface area contributed by atoms with Gasteiger partial charge < -0.3 is 19.9 Å². The van der Waals surface area contributed by atoms with Crippen molar-refractivity contribution in [3.63, 3.8) is 0 Å². The minimum atomic E-state index is -0.169. The lowest BCUT2D eigenvalue weighted by Crippen LogP contribution is -2.66. The summed E-state index contributed by atoms with van der Waals surface area (Å²) in [6, 6.07) is 0.0312. The van der Waals surface area contributed by atoms with E-state index >= 15 is 0 Å². The maximum atomic E-state index is 12.2. The summed E-state index contributed by atoms with van der Waals surface area (Å²) >= 11 is 0. The molecule has 1 heterocycles. The molecule has 7 heteroatoms. The van der Waals surface area contributed by atoms with E-state index in [9.17, 15) is 4.79 Å². The Morgan fingerprint density at radius 2 is 2.17 bits per heavy atom. The fourth-order valence-corrected chi connectivity index (χ4v) is 4.05. The average Bonchev–Trinajstić information content (AvgIpc) is 2.98. The molecule has 0 aliphatic heterocycles. The van der Waals surface area contributed by atoms with Gasteiger partial charge in [-0.2, -0.15) is 4.98 Å². The van der Waals surface area contributed by atoms with Crippen LogP contribution in [0.15, 0.2) is 4.52 Å². The molecule has 128 valence electrons. The van der Waals surface area contributed by atoms with Gasteiger partial charge >= 0.3 is 6.03 Å². The van der Waals surface area contributed by atoms with Gasteiger partial charge in [-0.15, -0.1) is 0 Å². The Morgan fingerprint density at radius 3 is 2.83 bits per heavy atom. The number of nitrogens with one attached hydrogen (secondary N) is 2. The molecule has 2 atom stereocenters. The summed E-state index contributed by atoms with van der Waals surface area (Å²) in [7, 11) is 0. The van der Waals surface area contributed by atoms with Gasteiger partial charge in [0.05, 0.1) is 12.6 Å². The number of amides is 2. The lowest BCUT2D eigenvalue weighted by molar-refractivity contribution is -0.146. The zero-order valence-electron chi connectivity index (χ0n) is 13.9. The number of carbonyl (C=O) groups is 1. The van der Waals surface area contributed by atoms with Crippen LogP contribution in [-0.4, -0.2) is 34.9 Å². The molecule has 2 amide bonds. The van der Waals surface area contributed by atoms with Gasteiger partial charge in [-0.1, -0.05) is 24.4 Å². The average molecular weight is 322 g/mol. The standard InChI is InChI=1S/C16H26N4O3/c1-3-22-13-9-12(16(13)7-5-4-6-8-16)19-15(21)17-10-14-18-11(2)23-20-14/h12-13H,3-10H2,1-2H3,(H2,17,19,21)/t12-,13+/m1/s1. The first-order chi connectivity index (χ1) is 11.1. The third kappa shape index (κ3) is 3.34. The molecule has 0 saturated heterocycles. The lowest BCUT2D eigenvalue weighted by atomic mass is 9.55. The van der Waals surface area contributed by atoms with Crippen LogP contribution < -0.4 is 10.6 Å². The van der Waals surface area contributed by atoms with Gasteiger partial charge in [-0.25, -0.2) is 4.79 Å². The third-order valence-corrected chi connectivity index (χ3v) is 5.22. The minimum absolute atomic E-state index is 0.133. The third-order valence-electron chi connectivity index (χ3n) is 5.22. The topological polar surface area (TPSA) is 89.3 Å². The molecule has 1 aromatic rings. The number of nitrogens with zero attached hydrogens (tertiary/aromatic N) is 2. The number of hydrogen-bond acceptors (Lipinski definition) is 5. The summed E-state index contributed by atoms with van der Waals surface area (Å²) in [5.41, 5.74) is 0.133. The predicted molar refractivity (Wildman–Crippen MR) is 83.7 cm³/mol. The molecular weight excluding hydrogens is 296 g/mol. The highest BCUT2D eigenvalue weighted by atomic mass is 16.5. The van der Waals surface area contributed by atoms with Crippen molar-refractivity contribution in [2.45, 2.75) is 71.1 Å². The van der Waals surface area contributed by atoms with Crippen LogP contribution >= 0.6 is 0 Å². The zero-order valence-corrected chi connectivity index (χ0v) is 13.9. The molecule has 2 aliphatic carbocycles. The molecule has 0 radical (unpaired) electrons. The molecule has 1 spiro atoms. The number of carbonyl (C=O) groups excluding carboxylic acids is 1. The SMILES string of the molecule is CCO[C@H]1C[C@@H](NC(=O)NCc2noc(C)n2)C12CCCCC2. The van der Waals surface area contributed by atoms with Crippen molar-refractivity contribution in [2.75, 3.05) is 6.61 Å². The first kappa shape index (κ1) is 16.2. The molecule has 2 fully saturated rings. The number of urea groups is 1. The van der Waals surface area contributed by atoms with E-state index in [1.54, 1.807) is 6.92 Å². The Morgan fingerprint density at radius 1 is 1.39 bits per heavy atom. The van der Waals surface area contributed by atoms with Crippen molar-refractivity contribution in [1.29, 1.82) is 0 Å². The van der Waals surface area contributed by atoms with Crippen LogP contribution in [0.4, 0.5) is 4.79 Å². The van der Waals surface area contributed by atoms with E-state index in [4.69, 9.17) is 9.26 Å². The summed E-state index contributed by atoms with van der Waals surface area (Å²) in [6.07, 6.45) is 7.23. The van der Waals surface area contributed by atoms with Crippen molar-refractivity contribution in [2.24, 2.45) is 5.41 Å². The zero-order chi connectivity index (χ0) is 16.3. The van der Waals surface area contributed by atoms with Gasteiger partial charge in [-0.05, 0) is 26.2 Å². The Labute approximate surface area is 136 Å². The predicted octanol–water partition coefficient (Wildman–Crippen LogP) is 2.31. The van der Waals surface area contributed by atoms with Gasteiger partial charge in [0, 0.05) is 25.0 Å². The second-order valence-electron chi connectivity index (χ2n) is 6.58. The van der Waals surface area contributed by atoms with Crippen molar-refractivity contribution in [1.82, 2.24) is 20.8 Å². The Kier molecular flexibility index (Phi) is 4.84. The Hall–Kier alpha value is -1.63. The van der Waals surface area contributed by atoms with Crippen LogP contribution in [-0.2, 0) is 11.3 Å². The van der Waals surface area contributed by atoms with Gasteiger partial charge in [0.25, 0.3) is 0 Å². The quantitative estimate of drug-likeness (QED) is 0.868. The number of rotatable bonds is 5. The van der Waals surface area contributed by atoms with Crippen LogP contribution in [0.2, 0.25) is 0 Å². The van der Waals surface area contributed by atoms with E-state index in [0.29, 0.717) is 11.7 Å². The van der Waals surface area contributed by atoms with Crippen LogP contribution in [0.1, 0.15) is 57.2 Å². The first-order valence-electron chi connectivity index (χ1n) is 8.59. The molecule has 0 unspecified atom stereocenters. The van der Waals surface area contributed by atoms with Gasteiger partial charge in [0.1, 0.15) is 0 Å². The normalized spacial score (nSPS) is 25.8. The second kappa shape index (κ2) is 6.86. The minimum Gasteiger partial charge on any atom is -0.378 e. The molecule has 2 saturated carbocycles. The van der Waals surface area contributed by atoms with Crippen molar-refractivity contribution in [3.05, 3.63) is 11.7 Å². The van der Waals surface area contributed by atoms with E-state index in [1.807, 2.05) is 6.92 Å². The van der Waals surface area contributed by atoms with Crippen molar-refractivity contribution in [3.8, 4) is 0 Å². The molecule has 3 rings (SSSR count). The van der Waals surface area contributed by atoms with Crippen LogP contribution in [0, 0.1) is 12.3 Å². The molecule has 23 heavy (non-hydrogen) atoms. The van der Waals surface area contributed by atoms with Crippen molar-refractivity contribution >= 4 is 6.03 Å². The molecule has 0 aromatic carbocycles. The maximum Gasteiger partial charge on any atom is 0.315 e. The largest absolute Gasteiger partial charge is 0.378 e. The monoisotopic (exact) mass is 322 g/mol. The summed E-state index contributed by atoms with van der Waals surface area (Å²) in [4.78, 5) is 16.2. The van der Waals surface area contributed by atoms with Crippen LogP contribution in [0.25, 0.3) is 0 Å². The van der Waals surface area contributed by atoms with E-state index in [2.05, 4.69) is 20.8 Å². The number of aromatic nitrogens is 2. The summed E-state index contributed by atoms with van der Waals surface area (Å²) < 4.78 is 10.8. The molecule has 0 bridgehead atoms. The number of hydrogen-bond donors (Lipinski definition) is 2. The fourth-order valence-electron chi connectivity index (χ4n) is 4.05. The van der Waals surface area contributed by atoms with E-state index in [-0.39, 0.29) is 30.1 Å². The van der Waals surface area contributed by atoms with Gasteiger partial charge in [-0.3, -0.25) is 0 Å². The van der Waals surface area contributed by atoms with Crippen LogP contribution in [0.3, 0.4) is 0 Å². The number of aryl methyl sites for hydroxylation is 1. The molecule has 7 nitrogen and oxygen atoms in total. The summed E-state index contributed by atoms with van der Waals surface area (Å²) in [5.74, 6) is 0.993.